The summed E-state index contributed by atoms with van der Waals surface area (Å²) in [5.41, 5.74) is 2.92. The van der Waals surface area contributed by atoms with Gasteiger partial charge in [-0.1, -0.05) is 35.9 Å². The fourth-order valence-electron chi connectivity index (χ4n) is 6.17. The standard InChI is InChI=1S/C22H24N2O4/c1-4-14-13-23-10-9-21-11-16(19(25)27-2)15(14)12-22(21,23)24(20(26)28-3)18-8-6-5-7-17(18)21/h4-8,11,15H,9-10,12-13H2,1-3H3/b14-4+/t15-,21+,22+/m0/s1. The van der Waals surface area contributed by atoms with Gasteiger partial charge in [0.1, 0.15) is 5.66 Å². The van der Waals surface area contributed by atoms with E-state index in [9.17, 15) is 9.59 Å². The number of benzene rings is 1. The molecule has 0 saturated carbocycles. The smallest absolute Gasteiger partial charge is 0.415 e. The summed E-state index contributed by atoms with van der Waals surface area (Å²) in [6.07, 6.45) is 5.37. The van der Waals surface area contributed by atoms with Crippen molar-refractivity contribution in [3.8, 4) is 0 Å². The molecule has 2 bridgehead atoms. The number of carbonyl (C=O) groups is 2. The van der Waals surface area contributed by atoms with Crippen molar-refractivity contribution in [1.29, 1.82) is 0 Å². The lowest BCUT2D eigenvalue weighted by molar-refractivity contribution is -0.137. The van der Waals surface area contributed by atoms with Crippen LogP contribution >= 0.6 is 0 Å². The number of piperidine rings is 1. The highest BCUT2D eigenvalue weighted by molar-refractivity contribution is 5.97. The second-order valence-electron chi connectivity index (χ2n) is 7.99. The molecular formula is C22H24N2O4. The van der Waals surface area contributed by atoms with Crippen LogP contribution in [0.1, 0.15) is 25.3 Å². The van der Waals surface area contributed by atoms with Crippen molar-refractivity contribution < 1.29 is 19.1 Å². The van der Waals surface area contributed by atoms with Gasteiger partial charge in [0.05, 0.1) is 25.3 Å². The number of allylic oxidation sites excluding steroid dienone is 1. The molecule has 1 spiro atoms. The molecule has 6 nitrogen and oxygen atoms in total. The molecule has 3 atom stereocenters. The summed E-state index contributed by atoms with van der Waals surface area (Å²) in [4.78, 5) is 30.0. The second kappa shape index (κ2) is 5.70. The van der Waals surface area contributed by atoms with Crippen LogP contribution in [0.4, 0.5) is 10.5 Å². The summed E-state index contributed by atoms with van der Waals surface area (Å²) in [6.45, 7) is 3.61. The Labute approximate surface area is 164 Å². The zero-order valence-corrected chi connectivity index (χ0v) is 16.4. The molecule has 3 heterocycles. The molecular weight excluding hydrogens is 356 g/mol. The van der Waals surface area contributed by atoms with Gasteiger partial charge in [0.2, 0.25) is 0 Å². The third-order valence-corrected chi connectivity index (χ3v) is 7.25. The summed E-state index contributed by atoms with van der Waals surface area (Å²) in [6, 6.07) is 8.02. The van der Waals surface area contributed by atoms with E-state index in [4.69, 9.17) is 9.47 Å². The number of methoxy groups -OCH3 is 2. The fourth-order valence-corrected chi connectivity index (χ4v) is 6.17. The van der Waals surface area contributed by atoms with Gasteiger partial charge in [0, 0.05) is 24.6 Å². The van der Waals surface area contributed by atoms with Gasteiger partial charge in [-0.15, -0.1) is 0 Å². The minimum Gasteiger partial charge on any atom is -0.466 e. The molecule has 2 fully saturated rings. The maximum atomic E-state index is 13.0. The Bertz CT molecular complexity index is 952. The lowest BCUT2D eigenvalue weighted by Gasteiger charge is -2.56. The van der Waals surface area contributed by atoms with Crippen LogP contribution in [0, 0.1) is 5.92 Å². The van der Waals surface area contributed by atoms with Gasteiger partial charge in [-0.05, 0) is 31.4 Å². The Morgan fingerprint density at radius 3 is 2.71 bits per heavy atom. The number of para-hydroxylation sites is 1. The molecule has 0 N–H and O–H groups in total. The molecule has 1 amide bonds. The van der Waals surface area contributed by atoms with Crippen LogP contribution in [0.3, 0.4) is 0 Å². The molecule has 6 heteroatoms. The number of nitrogens with zero attached hydrogens (tertiary/aromatic N) is 2. The molecule has 1 aromatic rings. The van der Waals surface area contributed by atoms with Crippen molar-refractivity contribution in [1.82, 2.24) is 4.90 Å². The number of ether oxygens (including phenoxy) is 2. The van der Waals surface area contributed by atoms with Crippen molar-refractivity contribution in [2.45, 2.75) is 30.8 Å². The average Bonchev–Trinajstić information content (AvgIpc) is 3.20. The van der Waals surface area contributed by atoms with Crippen LogP contribution in [0.5, 0.6) is 0 Å². The van der Waals surface area contributed by atoms with E-state index in [-0.39, 0.29) is 18.0 Å². The van der Waals surface area contributed by atoms with Crippen molar-refractivity contribution in [2.24, 2.45) is 5.92 Å². The fraction of sp³-hybridized carbons (Fsp3) is 0.455. The third-order valence-electron chi connectivity index (χ3n) is 7.25. The van der Waals surface area contributed by atoms with E-state index in [1.165, 1.54) is 19.8 Å². The molecule has 0 unspecified atom stereocenters. The first kappa shape index (κ1) is 17.5. The SMILES string of the molecule is C/C=C1\CN2CC[C@]34C=C(C(=O)OC)[C@H]1C[C@]23N(C(=O)OC)c1ccccc14. The maximum absolute atomic E-state index is 13.0. The van der Waals surface area contributed by atoms with Gasteiger partial charge >= 0.3 is 12.1 Å². The summed E-state index contributed by atoms with van der Waals surface area (Å²) >= 11 is 0. The largest absolute Gasteiger partial charge is 0.466 e. The highest BCUT2D eigenvalue weighted by atomic mass is 16.5. The van der Waals surface area contributed by atoms with Crippen molar-refractivity contribution in [3.63, 3.8) is 0 Å². The quantitative estimate of drug-likeness (QED) is 0.554. The van der Waals surface area contributed by atoms with E-state index in [1.54, 1.807) is 0 Å². The molecule has 0 aromatic heterocycles. The van der Waals surface area contributed by atoms with Gasteiger partial charge in [0.15, 0.2) is 0 Å². The van der Waals surface area contributed by atoms with Crippen molar-refractivity contribution in [3.05, 3.63) is 53.1 Å². The minimum absolute atomic E-state index is 0.0543. The number of amides is 1. The van der Waals surface area contributed by atoms with Crippen LogP contribution in [-0.4, -0.2) is 49.9 Å². The van der Waals surface area contributed by atoms with Gasteiger partial charge in [0.25, 0.3) is 0 Å². The van der Waals surface area contributed by atoms with Crippen LogP contribution in [0.25, 0.3) is 0 Å². The van der Waals surface area contributed by atoms with E-state index in [2.05, 4.69) is 23.1 Å². The Morgan fingerprint density at radius 1 is 1.21 bits per heavy atom. The van der Waals surface area contributed by atoms with Crippen molar-refractivity contribution >= 4 is 17.7 Å². The number of anilines is 1. The van der Waals surface area contributed by atoms with E-state index in [0.717, 1.165) is 30.8 Å². The van der Waals surface area contributed by atoms with E-state index < -0.39 is 11.1 Å². The van der Waals surface area contributed by atoms with Crippen molar-refractivity contribution in [2.75, 3.05) is 32.2 Å². The molecule has 146 valence electrons. The normalized spacial score (nSPS) is 34.0. The Morgan fingerprint density at radius 2 is 2.00 bits per heavy atom. The molecule has 5 rings (SSSR count). The van der Waals surface area contributed by atoms with Gasteiger partial charge in [-0.2, -0.15) is 0 Å². The lowest BCUT2D eigenvalue weighted by atomic mass is 9.60. The zero-order valence-electron chi connectivity index (χ0n) is 16.4. The lowest BCUT2D eigenvalue weighted by Crippen LogP contribution is -2.69. The maximum Gasteiger partial charge on any atom is 0.415 e. The Balaban J connectivity index is 1.84. The number of hydrogen-bond donors (Lipinski definition) is 0. The van der Waals surface area contributed by atoms with Gasteiger partial charge in [-0.25, -0.2) is 9.59 Å². The van der Waals surface area contributed by atoms with E-state index in [0.29, 0.717) is 12.0 Å². The molecule has 1 aliphatic carbocycles. The summed E-state index contributed by atoms with van der Waals surface area (Å²) in [5.74, 6) is -0.330. The molecule has 2 saturated heterocycles. The number of carbonyl (C=O) groups excluding carboxylic acids is 2. The van der Waals surface area contributed by atoms with Crippen LogP contribution in [0.15, 0.2) is 47.6 Å². The molecule has 1 aromatic carbocycles. The highest BCUT2D eigenvalue weighted by Crippen LogP contribution is 2.66. The predicted octanol–water partition coefficient (Wildman–Crippen LogP) is 2.99. The number of hydrogen-bond acceptors (Lipinski definition) is 5. The number of esters is 1. The third kappa shape index (κ3) is 1.77. The van der Waals surface area contributed by atoms with Crippen LogP contribution in [0.2, 0.25) is 0 Å². The Kier molecular flexibility index (Phi) is 3.56. The number of fused-ring (bicyclic) bond motifs is 2. The second-order valence-corrected chi connectivity index (χ2v) is 7.99. The summed E-state index contributed by atoms with van der Waals surface area (Å²) in [5, 5.41) is 0. The minimum atomic E-state index is -0.543. The van der Waals surface area contributed by atoms with Crippen LogP contribution in [-0.2, 0) is 19.7 Å². The average molecular weight is 380 g/mol. The molecule has 4 aliphatic rings. The number of rotatable bonds is 1. The van der Waals surface area contributed by atoms with Crippen LogP contribution < -0.4 is 4.90 Å². The Hall–Kier alpha value is -2.60. The topological polar surface area (TPSA) is 59.1 Å². The van der Waals surface area contributed by atoms with E-state index >= 15 is 0 Å². The first-order chi connectivity index (χ1) is 13.5. The first-order valence-electron chi connectivity index (χ1n) is 9.73. The first-order valence-corrected chi connectivity index (χ1v) is 9.73. The highest BCUT2D eigenvalue weighted by Gasteiger charge is 2.72. The monoisotopic (exact) mass is 380 g/mol. The predicted molar refractivity (Wildman–Crippen MR) is 104 cm³/mol. The molecule has 28 heavy (non-hydrogen) atoms. The summed E-state index contributed by atoms with van der Waals surface area (Å²) in [7, 11) is 2.87. The molecule has 3 aliphatic heterocycles. The van der Waals surface area contributed by atoms with E-state index in [1.807, 2.05) is 30.0 Å². The van der Waals surface area contributed by atoms with Gasteiger partial charge < -0.3 is 9.47 Å². The zero-order chi connectivity index (χ0) is 19.7. The molecule has 0 radical (unpaired) electrons. The van der Waals surface area contributed by atoms with Gasteiger partial charge in [-0.3, -0.25) is 9.80 Å². The summed E-state index contributed by atoms with van der Waals surface area (Å²) < 4.78 is 10.4.